The monoisotopic (exact) mass is 561 g/mol. The Morgan fingerprint density at radius 1 is 1.07 bits per heavy atom. The molecule has 1 N–H and O–H groups in total. The van der Waals surface area contributed by atoms with Crippen molar-refractivity contribution in [1.82, 2.24) is 19.4 Å². The summed E-state index contributed by atoms with van der Waals surface area (Å²) in [5.74, 6) is -1.58. The molecule has 0 radical (unpaired) electrons. The lowest BCUT2D eigenvalue weighted by atomic mass is 9.77. The predicted molar refractivity (Wildman–Crippen MR) is 134 cm³/mol. The minimum Gasteiger partial charge on any atom is -0.481 e. The summed E-state index contributed by atoms with van der Waals surface area (Å²) in [5.41, 5.74) is 1.32. The van der Waals surface area contributed by atoms with Crippen LogP contribution in [-0.2, 0) is 11.2 Å². The van der Waals surface area contributed by atoms with E-state index >= 15 is 0 Å². The SMILES string of the molecule is Cc1nc2ccc(-c3cnc(N4CCC(C(=O)O)(C(F)(F)F)CC4)nc3)cn2c1Cc1ccccc1OC(F)F. The van der Waals surface area contributed by atoms with Crippen LogP contribution in [0.25, 0.3) is 16.8 Å². The van der Waals surface area contributed by atoms with Crippen molar-refractivity contribution in [2.75, 3.05) is 18.0 Å². The van der Waals surface area contributed by atoms with Gasteiger partial charge in [0.2, 0.25) is 5.95 Å². The zero-order valence-corrected chi connectivity index (χ0v) is 21.2. The van der Waals surface area contributed by atoms with Crippen molar-refractivity contribution < 1.29 is 36.6 Å². The van der Waals surface area contributed by atoms with Gasteiger partial charge in [-0.1, -0.05) is 18.2 Å². The van der Waals surface area contributed by atoms with E-state index in [-0.39, 0.29) is 24.8 Å². The number of pyridine rings is 1. The summed E-state index contributed by atoms with van der Waals surface area (Å²) in [4.78, 5) is 26.2. The standard InChI is InChI=1S/C27H24F5N5O3/c1-16-20(12-17-4-2-3-5-21(17)40-24(28)29)37-15-18(6-7-22(37)35-16)19-13-33-25(34-14-19)36-10-8-26(9-11-36,23(38)39)27(30,31)32/h2-7,13-15,24H,8-12H2,1H3,(H,38,39). The molecular weight excluding hydrogens is 537 g/mol. The van der Waals surface area contributed by atoms with Gasteiger partial charge in [-0.05, 0) is 38.0 Å². The first-order valence-electron chi connectivity index (χ1n) is 12.4. The van der Waals surface area contributed by atoms with Crippen LogP contribution < -0.4 is 9.64 Å². The number of hydrogen-bond acceptors (Lipinski definition) is 6. The fourth-order valence-electron chi connectivity index (χ4n) is 4.98. The number of aromatic nitrogens is 4. The first-order valence-corrected chi connectivity index (χ1v) is 12.4. The molecule has 1 aromatic carbocycles. The Morgan fingerprint density at radius 2 is 1.75 bits per heavy atom. The second-order valence-electron chi connectivity index (χ2n) is 9.60. The van der Waals surface area contributed by atoms with Crippen LogP contribution in [0, 0.1) is 12.3 Å². The van der Waals surface area contributed by atoms with Crippen molar-refractivity contribution in [2.45, 2.75) is 39.0 Å². The minimum absolute atomic E-state index is 0.0838. The van der Waals surface area contributed by atoms with Gasteiger partial charge in [0.15, 0.2) is 5.41 Å². The van der Waals surface area contributed by atoms with Crippen LogP contribution in [0.15, 0.2) is 55.0 Å². The largest absolute Gasteiger partial charge is 0.481 e. The van der Waals surface area contributed by atoms with Gasteiger partial charge in [-0.2, -0.15) is 22.0 Å². The van der Waals surface area contributed by atoms with Crippen LogP contribution in [0.3, 0.4) is 0 Å². The number of halogens is 5. The molecule has 4 heterocycles. The van der Waals surface area contributed by atoms with E-state index in [4.69, 9.17) is 0 Å². The molecular formula is C27H24F5N5O3. The van der Waals surface area contributed by atoms with Gasteiger partial charge < -0.3 is 19.1 Å². The van der Waals surface area contributed by atoms with Gasteiger partial charge >= 0.3 is 18.8 Å². The van der Waals surface area contributed by atoms with E-state index < -0.39 is 37.0 Å². The maximum Gasteiger partial charge on any atom is 0.405 e. The van der Waals surface area contributed by atoms with Crippen molar-refractivity contribution in [3.05, 3.63) is 71.9 Å². The van der Waals surface area contributed by atoms with Crippen molar-refractivity contribution in [3.8, 4) is 16.9 Å². The molecule has 0 aliphatic carbocycles. The average molecular weight is 562 g/mol. The van der Waals surface area contributed by atoms with Crippen LogP contribution >= 0.6 is 0 Å². The number of carbonyl (C=O) groups is 1. The predicted octanol–water partition coefficient (Wildman–Crippen LogP) is 5.53. The van der Waals surface area contributed by atoms with E-state index in [9.17, 15) is 31.9 Å². The number of rotatable bonds is 7. The third-order valence-corrected chi connectivity index (χ3v) is 7.29. The van der Waals surface area contributed by atoms with E-state index in [0.717, 1.165) is 17.0 Å². The Morgan fingerprint density at radius 3 is 2.38 bits per heavy atom. The Labute approximate surface area is 225 Å². The fourth-order valence-corrected chi connectivity index (χ4v) is 4.98. The molecule has 1 fully saturated rings. The third kappa shape index (κ3) is 5.03. The highest BCUT2D eigenvalue weighted by atomic mass is 19.4. The number of piperidine rings is 1. The summed E-state index contributed by atoms with van der Waals surface area (Å²) in [7, 11) is 0. The number of imidazole rings is 1. The third-order valence-electron chi connectivity index (χ3n) is 7.29. The first kappa shape index (κ1) is 27.3. The van der Waals surface area contributed by atoms with Crippen LogP contribution in [-0.4, -0.2) is 56.3 Å². The summed E-state index contributed by atoms with van der Waals surface area (Å²) < 4.78 is 72.7. The second kappa shape index (κ2) is 10.4. The zero-order chi connectivity index (χ0) is 28.7. The molecule has 4 aromatic rings. The molecule has 210 valence electrons. The quantitative estimate of drug-likeness (QED) is 0.297. The lowest BCUT2D eigenvalue weighted by molar-refractivity contribution is -0.236. The van der Waals surface area contributed by atoms with Crippen molar-refractivity contribution in [3.63, 3.8) is 0 Å². The van der Waals surface area contributed by atoms with E-state index in [2.05, 4.69) is 19.7 Å². The number of carboxylic acid groups (broad SMARTS) is 1. The molecule has 0 atom stereocenters. The smallest absolute Gasteiger partial charge is 0.405 e. The molecule has 13 heteroatoms. The number of benzene rings is 1. The number of aliphatic carboxylic acids is 1. The molecule has 8 nitrogen and oxygen atoms in total. The molecule has 1 saturated heterocycles. The molecule has 0 saturated carbocycles. The summed E-state index contributed by atoms with van der Waals surface area (Å²) in [5, 5.41) is 9.26. The Balaban J connectivity index is 1.38. The molecule has 0 amide bonds. The number of nitrogens with zero attached hydrogens (tertiary/aromatic N) is 5. The molecule has 0 spiro atoms. The van der Waals surface area contributed by atoms with Gasteiger partial charge in [0.1, 0.15) is 11.4 Å². The van der Waals surface area contributed by atoms with Gasteiger partial charge in [-0.25, -0.2) is 15.0 Å². The first-order chi connectivity index (χ1) is 19.0. The highest BCUT2D eigenvalue weighted by molar-refractivity contribution is 5.76. The number of para-hydroxylation sites is 1. The Hall–Kier alpha value is -4.29. The van der Waals surface area contributed by atoms with E-state index in [1.165, 1.54) is 11.0 Å². The van der Waals surface area contributed by atoms with Crippen LogP contribution in [0.2, 0.25) is 0 Å². The highest BCUT2D eigenvalue weighted by Gasteiger charge is 2.61. The second-order valence-corrected chi connectivity index (χ2v) is 9.60. The average Bonchev–Trinajstić information content (AvgIpc) is 3.23. The lowest BCUT2D eigenvalue weighted by Gasteiger charge is -2.39. The van der Waals surface area contributed by atoms with Gasteiger partial charge in [0.25, 0.3) is 0 Å². The number of hydrogen-bond donors (Lipinski definition) is 1. The van der Waals surface area contributed by atoms with Gasteiger partial charge in [-0.3, -0.25) is 4.79 Å². The normalized spacial score (nSPS) is 15.5. The van der Waals surface area contributed by atoms with Crippen molar-refractivity contribution >= 4 is 17.6 Å². The van der Waals surface area contributed by atoms with Crippen LogP contribution in [0.1, 0.15) is 29.8 Å². The number of carboxylic acids is 1. The number of ether oxygens (including phenoxy) is 1. The minimum atomic E-state index is -4.85. The fraction of sp³-hybridized carbons (Fsp3) is 0.333. The number of alkyl halides is 5. The summed E-state index contributed by atoms with van der Waals surface area (Å²) >= 11 is 0. The molecule has 3 aromatic heterocycles. The van der Waals surface area contributed by atoms with E-state index in [1.807, 2.05) is 23.6 Å². The molecule has 5 rings (SSSR count). The zero-order valence-electron chi connectivity index (χ0n) is 21.2. The number of fused-ring (bicyclic) bond motifs is 1. The molecule has 40 heavy (non-hydrogen) atoms. The van der Waals surface area contributed by atoms with Crippen LogP contribution in [0.5, 0.6) is 5.75 Å². The molecule has 1 aliphatic heterocycles. The van der Waals surface area contributed by atoms with Gasteiger partial charge in [-0.15, -0.1) is 0 Å². The lowest BCUT2D eigenvalue weighted by Crippen LogP contribution is -2.53. The summed E-state index contributed by atoms with van der Waals surface area (Å²) in [6.07, 6.45) is -0.839. The maximum atomic E-state index is 13.5. The highest BCUT2D eigenvalue weighted by Crippen LogP contribution is 2.46. The molecule has 0 bridgehead atoms. The topological polar surface area (TPSA) is 92.9 Å². The Kier molecular flexibility index (Phi) is 7.06. The van der Waals surface area contributed by atoms with Crippen molar-refractivity contribution in [1.29, 1.82) is 0 Å². The van der Waals surface area contributed by atoms with E-state index in [0.29, 0.717) is 23.2 Å². The van der Waals surface area contributed by atoms with Crippen LogP contribution in [0.4, 0.5) is 27.9 Å². The summed E-state index contributed by atoms with van der Waals surface area (Å²) in [6.45, 7) is -1.42. The molecule has 1 aliphatic rings. The Bertz CT molecular complexity index is 1530. The molecule has 0 unspecified atom stereocenters. The van der Waals surface area contributed by atoms with Gasteiger partial charge in [0, 0.05) is 60.5 Å². The van der Waals surface area contributed by atoms with E-state index in [1.54, 1.807) is 36.7 Å². The number of aryl methyl sites for hydroxylation is 1. The van der Waals surface area contributed by atoms with Gasteiger partial charge in [0.05, 0.1) is 5.69 Å². The number of anilines is 1. The van der Waals surface area contributed by atoms with Crippen molar-refractivity contribution in [2.24, 2.45) is 5.41 Å². The maximum absolute atomic E-state index is 13.5. The summed E-state index contributed by atoms with van der Waals surface area (Å²) in [6, 6.07) is 10.2.